The summed E-state index contributed by atoms with van der Waals surface area (Å²) in [5.74, 6) is -0.0679. The molecule has 0 aromatic heterocycles. The van der Waals surface area contributed by atoms with Gasteiger partial charge in [0.15, 0.2) is 0 Å². The maximum atomic E-state index is 14.0. The zero-order chi connectivity index (χ0) is 24.5. The number of nitrogens with one attached hydrogen (secondary N) is 1. The van der Waals surface area contributed by atoms with Crippen LogP contribution in [0.3, 0.4) is 0 Å². The van der Waals surface area contributed by atoms with E-state index in [9.17, 15) is 22.8 Å². The highest BCUT2D eigenvalue weighted by atomic mass is 19.4. The molecule has 0 fully saturated rings. The average Bonchev–Trinajstić information content (AvgIpc) is 2.63. The lowest BCUT2D eigenvalue weighted by molar-refractivity contribution is -0.138. The summed E-state index contributed by atoms with van der Waals surface area (Å²) in [6, 6.07) is 3.99. The topological polar surface area (TPSA) is 49.4 Å². The normalized spacial score (nSPS) is 19.8. The summed E-state index contributed by atoms with van der Waals surface area (Å²) in [7, 11) is 0. The molecule has 0 radical (unpaired) electrons. The van der Waals surface area contributed by atoms with Gasteiger partial charge in [0.1, 0.15) is 5.78 Å². The van der Waals surface area contributed by atoms with Crippen molar-refractivity contribution >= 4 is 11.8 Å². The number of amides is 2. The fourth-order valence-corrected chi connectivity index (χ4v) is 4.00. The summed E-state index contributed by atoms with van der Waals surface area (Å²) < 4.78 is 41.9. The number of alkyl halides is 3. The van der Waals surface area contributed by atoms with Crippen LogP contribution in [0.4, 0.5) is 18.0 Å². The molecule has 1 aromatic carbocycles. The van der Waals surface area contributed by atoms with Gasteiger partial charge in [-0.1, -0.05) is 46.8 Å². The zero-order valence-electron chi connectivity index (χ0n) is 20.1. The van der Waals surface area contributed by atoms with Gasteiger partial charge in [-0.05, 0) is 60.8 Å². The second kappa shape index (κ2) is 9.28. The highest BCUT2D eigenvalue weighted by Gasteiger charge is 2.42. The minimum absolute atomic E-state index is 0.0321. The number of nitrogens with zero attached hydrogens (tertiary/aromatic N) is 1. The average molecular weight is 453 g/mol. The van der Waals surface area contributed by atoms with Crippen molar-refractivity contribution in [3.05, 3.63) is 46.7 Å². The Morgan fingerprint density at radius 3 is 2.31 bits per heavy atom. The third-order valence-corrected chi connectivity index (χ3v) is 5.95. The lowest BCUT2D eigenvalue weighted by atomic mass is 9.77. The molecule has 0 unspecified atom stereocenters. The van der Waals surface area contributed by atoms with Crippen LogP contribution in [0.1, 0.15) is 78.0 Å². The second-order valence-electron chi connectivity index (χ2n) is 10.4. The van der Waals surface area contributed by atoms with Crippen LogP contribution < -0.4 is 5.32 Å². The fraction of sp³-hybridized carbons (Fsp3) is 0.600. The first-order valence-electron chi connectivity index (χ1n) is 11.1. The van der Waals surface area contributed by atoms with Crippen LogP contribution in [0.2, 0.25) is 0 Å². The SMILES string of the molecule is CC(=O)CCN1C=C(C(C)C)[C@](C)(c2ccc(CCC(C)(C)C)c(C(F)(F)F)c2)NC1=O. The van der Waals surface area contributed by atoms with E-state index in [1.165, 1.54) is 17.9 Å². The molecule has 1 heterocycles. The molecule has 0 spiro atoms. The smallest absolute Gasteiger partial charge is 0.325 e. The second-order valence-corrected chi connectivity index (χ2v) is 10.4. The molecule has 1 N–H and O–H groups in total. The summed E-state index contributed by atoms with van der Waals surface area (Å²) in [6.07, 6.45) is -1.63. The van der Waals surface area contributed by atoms with Crippen molar-refractivity contribution in [2.24, 2.45) is 11.3 Å². The van der Waals surface area contributed by atoms with Gasteiger partial charge < -0.3 is 10.2 Å². The van der Waals surface area contributed by atoms with Crippen LogP contribution in [-0.2, 0) is 22.9 Å². The molecule has 7 heteroatoms. The molecule has 1 aliphatic rings. The molecular weight excluding hydrogens is 417 g/mol. The van der Waals surface area contributed by atoms with Crippen molar-refractivity contribution in [1.82, 2.24) is 10.2 Å². The molecule has 0 bridgehead atoms. The van der Waals surface area contributed by atoms with Crippen molar-refractivity contribution in [1.29, 1.82) is 0 Å². The number of benzene rings is 1. The molecule has 0 saturated carbocycles. The molecule has 2 amide bonds. The minimum Gasteiger partial charge on any atom is -0.325 e. The number of aryl methyl sites for hydroxylation is 1. The molecule has 0 saturated heterocycles. The molecule has 2 rings (SSSR count). The van der Waals surface area contributed by atoms with Crippen LogP contribution in [0, 0.1) is 11.3 Å². The van der Waals surface area contributed by atoms with Crippen molar-refractivity contribution < 1.29 is 22.8 Å². The Hall–Kier alpha value is -2.31. The van der Waals surface area contributed by atoms with Crippen LogP contribution >= 0.6 is 0 Å². The molecular formula is C25H35F3N2O2. The molecule has 178 valence electrons. The Balaban J connectivity index is 2.52. The standard InChI is InChI=1S/C25H35F3N2O2/c1-16(2)21-15-30(13-11-17(3)31)22(32)29-24(21,7)19-9-8-18(10-12-23(4,5)6)20(14-19)25(26,27)28/h8-9,14-16H,10-13H2,1-7H3,(H,29,32)/t24-/m0/s1. The number of rotatable bonds is 7. The van der Waals surface area contributed by atoms with E-state index in [-0.39, 0.29) is 35.6 Å². The van der Waals surface area contributed by atoms with Crippen LogP contribution in [0.5, 0.6) is 0 Å². The number of urea groups is 1. The first-order chi connectivity index (χ1) is 14.5. The van der Waals surface area contributed by atoms with E-state index >= 15 is 0 Å². The summed E-state index contributed by atoms with van der Waals surface area (Å²) in [6.45, 7) is 13.3. The first-order valence-corrected chi connectivity index (χ1v) is 11.1. The Kier molecular flexibility index (Phi) is 7.52. The predicted octanol–water partition coefficient (Wildman–Crippen LogP) is 6.44. The zero-order valence-corrected chi connectivity index (χ0v) is 20.1. The largest absolute Gasteiger partial charge is 0.416 e. The summed E-state index contributed by atoms with van der Waals surface area (Å²) in [5, 5.41) is 2.91. The van der Waals surface area contributed by atoms with Crippen molar-refractivity contribution in [3.8, 4) is 0 Å². The van der Waals surface area contributed by atoms with E-state index in [1.807, 2.05) is 34.6 Å². The number of hydrogen-bond acceptors (Lipinski definition) is 2. The van der Waals surface area contributed by atoms with Gasteiger partial charge in [0.05, 0.1) is 11.1 Å². The number of halogens is 3. The summed E-state index contributed by atoms with van der Waals surface area (Å²) in [4.78, 5) is 25.5. The third kappa shape index (κ3) is 6.14. The van der Waals surface area contributed by atoms with E-state index in [1.54, 1.807) is 25.3 Å². The molecule has 1 aliphatic heterocycles. The maximum Gasteiger partial charge on any atom is 0.416 e. The number of carbonyl (C=O) groups excluding carboxylic acids is 2. The van der Waals surface area contributed by atoms with Gasteiger partial charge in [0.25, 0.3) is 0 Å². The van der Waals surface area contributed by atoms with Crippen LogP contribution in [0.15, 0.2) is 30.0 Å². The molecule has 1 atom stereocenters. The highest BCUT2D eigenvalue weighted by Crippen LogP contribution is 2.41. The minimum atomic E-state index is -4.49. The van der Waals surface area contributed by atoms with Crippen molar-refractivity contribution in [2.45, 2.75) is 79.4 Å². The summed E-state index contributed by atoms with van der Waals surface area (Å²) in [5.41, 5.74) is -0.376. The monoisotopic (exact) mass is 452 g/mol. The Morgan fingerprint density at radius 1 is 1.19 bits per heavy atom. The first kappa shape index (κ1) is 25.9. The van der Waals surface area contributed by atoms with Gasteiger partial charge in [-0.15, -0.1) is 0 Å². The van der Waals surface area contributed by atoms with Crippen molar-refractivity contribution in [3.63, 3.8) is 0 Å². The van der Waals surface area contributed by atoms with E-state index in [4.69, 9.17) is 0 Å². The number of ketones is 1. The summed E-state index contributed by atoms with van der Waals surface area (Å²) >= 11 is 0. The molecule has 4 nitrogen and oxygen atoms in total. The van der Waals surface area contributed by atoms with Gasteiger partial charge in [0.2, 0.25) is 0 Å². The number of Topliss-reactive ketones (excluding diaryl/α,β-unsaturated/α-hetero) is 1. The van der Waals surface area contributed by atoms with Gasteiger partial charge in [-0.2, -0.15) is 13.2 Å². The fourth-order valence-electron chi connectivity index (χ4n) is 4.00. The number of hydrogen-bond donors (Lipinski definition) is 1. The van der Waals surface area contributed by atoms with Crippen LogP contribution in [0.25, 0.3) is 0 Å². The van der Waals surface area contributed by atoms with Gasteiger partial charge in [0, 0.05) is 19.2 Å². The van der Waals surface area contributed by atoms with Gasteiger partial charge >= 0.3 is 12.2 Å². The van der Waals surface area contributed by atoms with Crippen molar-refractivity contribution in [2.75, 3.05) is 6.54 Å². The van der Waals surface area contributed by atoms with Gasteiger partial charge in [-0.25, -0.2) is 4.79 Å². The molecule has 32 heavy (non-hydrogen) atoms. The van der Waals surface area contributed by atoms with E-state index in [0.29, 0.717) is 18.4 Å². The Morgan fingerprint density at radius 2 is 1.81 bits per heavy atom. The Labute approximate surface area is 189 Å². The predicted molar refractivity (Wildman–Crippen MR) is 120 cm³/mol. The quantitative estimate of drug-likeness (QED) is 0.517. The van der Waals surface area contributed by atoms with Crippen LogP contribution in [-0.4, -0.2) is 23.3 Å². The van der Waals surface area contributed by atoms with E-state index in [2.05, 4.69) is 5.32 Å². The lowest BCUT2D eigenvalue weighted by Gasteiger charge is -2.42. The third-order valence-electron chi connectivity index (χ3n) is 5.95. The van der Waals surface area contributed by atoms with E-state index < -0.39 is 23.3 Å². The Bertz CT molecular complexity index is 897. The van der Waals surface area contributed by atoms with Gasteiger partial charge in [-0.3, -0.25) is 4.79 Å². The maximum absolute atomic E-state index is 14.0. The molecule has 0 aliphatic carbocycles. The number of carbonyl (C=O) groups is 2. The highest BCUT2D eigenvalue weighted by molar-refractivity contribution is 5.81. The molecule has 1 aromatic rings. The lowest BCUT2D eigenvalue weighted by Crippen LogP contribution is -2.55. The van der Waals surface area contributed by atoms with E-state index in [0.717, 1.165) is 5.57 Å².